The molecule has 0 bridgehead atoms. The summed E-state index contributed by atoms with van der Waals surface area (Å²) in [6, 6.07) is 10.1. The summed E-state index contributed by atoms with van der Waals surface area (Å²) in [5.74, 6) is 0.766. The van der Waals surface area contributed by atoms with Gasteiger partial charge in [0.2, 0.25) is 0 Å². The summed E-state index contributed by atoms with van der Waals surface area (Å²) in [4.78, 5) is 13.5. The molecule has 0 unspecified atom stereocenters. The third kappa shape index (κ3) is 4.24. The highest BCUT2D eigenvalue weighted by atomic mass is 15.3. The third-order valence-corrected chi connectivity index (χ3v) is 4.76. The smallest absolute Gasteiger partial charge is 0.146 e. The van der Waals surface area contributed by atoms with Gasteiger partial charge in [0.05, 0.1) is 16.8 Å². The zero-order valence-electron chi connectivity index (χ0n) is 16.1. The SMILES string of the molecule is CC(C)(C)c1ncc(CN2CCN(c3ncccc3C#N)CC2)cc1C#N. The van der Waals surface area contributed by atoms with E-state index in [-0.39, 0.29) is 5.41 Å². The van der Waals surface area contributed by atoms with Crippen LogP contribution in [0.5, 0.6) is 0 Å². The van der Waals surface area contributed by atoms with Crippen LogP contribution in [0.4, 0.5) is 5.82 Å². The molecule has 0 atom stereocenters. The normalized spacial score (nSPS) is 15.2. The molecular formula is C21H24N6. The number of nitrogens with zero attached hydrogens (tertiary/aromatic N) is 6. The van der Waals surface area contributed by atoms with Crippen LogP contribution in [0.3, 0.4) is 0 Å². The average Bonchev–Trinajstić information content (AvgIpc) is 2.67. The summed E-state index contributed by atoms with van der Waals surface area (Å²) in [6.07, 6.45) is 3.62. The second kappa shape index (κ2) is 7.73. The number of hydrogen-bond acceptors (Lipinski definition) is 6. The summed E-state index contributed by atoms with van der Waals surface area (Å²) in [7, 11) is 0. The Morgan fingerprint density at radius 2 is 1.74 bits per heavy atom. The van der Waals surface area contributed by atoms with Crippen molar-refractivity contribution in [1.82, 2.24) is 14.9 Å². The standard InChI is InChI=1S/C21H24N6/c1-21(2,3)19-18(13-23)11-16(14-25-19)15-26-7-9-27(10-8-26)20-17(12-22)5-4-6-24-20/h4-6,11,14H,7-10,15H2,1-3H3. The van der Waals surface area contributed by atoms with Gasteiger partial charge in [-0.05, 0) is 23.8 Å². The fraction of sp³-hybridized carbons (Fsp3) is 0.429. The first-order chi connectivity index (χ1) is 12.9. The number of anilines is 1. The van der Waals surface area contributed by atoms with E-state index in [2.05, 4.69) is 52.7 Å². The van der Waals surface area contributed by atoms with Crippen molar-refractivity contribution in [3.63, 3.8) is 0 Å². The molecule has 1 saturated heterocycles. The van der Waals surface area contributed by atoms with Gasteiger partial charge < -0.3 is 4.90 Å². The molecule has 0 saturated carbocycles. The van der Waals surface area contributed by atoms with Crippen LogP contribution in [0.1, 0.15) is 43.2 Å². The third-order valence-electron chi connectivity index (χ3n) is 4.76. The lowest BCUT2D eigenvalue weighted by molar-refractivity contribution is 0.249. The van der Waals surface area contributed by atoms with Gasteiger partial charge in [0, 0.05) is 50.5 Å². The second-order valence-corrected chi connectivity index (χ2v) is 7.85. The van der Waals surface area contributed by atoms with Crippen molar-refractivity contribution in [2.45, 2.75) is 32.7 Å². The Labute approximate surface area is 160 Å². The summed E-state index contributed by atoms with van der Waals surface area (Å²) < 4.78 is 0. The molecule has 1 fully saturated rings. The number of pyridine rings is 2. The highest BCUT2D eigenvalue weighted by Gasteiger charge is 2.22. The van der Waals surface area contributed by atoms with Gasteiger partial charge in [0.15, 0.2) is 0 Å². The van der Waals surface area contributed by atoms with Crippen LogP contribution in [0.15, 0.2) is 30.6 Å². The molecule has 0 spiro atoms. The van der Waals surface area contributed by atoms with Gasteiger partial charge in [0.25, 0.3) is 0 Å². The van der Waals surface area contributed by atoms with Crippen molar-refractivity contribution in [3.05, 3.63) is 53.0 Å². The molecule has 2 aromatic heterocycles. The van der Waals surface area contributed by atoms with Gasteiger partial charge >= 0.3 is 0 Å². The van der Waals surface area contributed by atoms with E-state index in [1.807, 2.05) is 12.3 Å². The quantitative estimate of drug-likeness (QED) is 0.837. The zero-order chi connectivity index (χ0) is 19.4. The fourth-order valence-electron chi connectivity index (χ4n) is 3.39. The summed E-state index contributed by atoms with van der Waals surface area (Å²) in [6.45, 7) is 10.4. The molecule has 0 aliphatic carbocycles. The number of rotatable bonds is 3. The van der Waals surface area contributed by atoms with Crippen LogP contribution in [0, 0.1) is 22.7 Å². The van der Waals surface area contributed by atoms with E-state index in [9.17, 15) is 10.5 Å². The Morgan fingerprint density at radius 3 is 2.37 bits per heavy atom. The number of nitriles is 2. The second-order valence-electron chi connectivity index (χ2n) is 7.85. The van der Waals surface area contributed by atoms with Gasteiger partial charge in [-0.2, -0.15) is 10.5 Å². The lowest BCUT2D eigenvalue weighted by atomic mass is 9.88. The Kier molecular flexibility index (Phi) is 5.39. The van der Waals surface area contributed by atoms with Crippen LogP contribution >= 0.6 is 0 Å². The molecule has 0 amide bonds. The molecular weight excluding hydrogens is 336 g/mol. The molecule has 0 N–H and O–H groups in total. The van der Waals surface area contributed by atoms with Crippen LogP contribution in [-0.4, -0.2) is 41.0 Å². The van der Waals surface area contributed by atoms with E-state index >= 15 is 0 Å². The number of aromatic nitrogens is 2. The van der Waals surface area contributed by atoms with E-state index in [1.54, 1.807) is 18.3 Å². The van der Waals surface area contributed by atoms with E-state index in [4.69, 9.17) is 0 Å². The molecule has 1 aliphatic heterocycles. The first-order valence-electron chi connectivity index (χ1n) is 9.14. The summed E-state index contributed by atoms with van der Waals surface area (Å²) in [5, 5.41) is 18.7. The minimum absolute atomic E-state index is 0.143. The predicted molar refractivity (Wildman–Crippen MR) is 104 cm³/mol. The first kappa shape index (κ1) is 18.8. The van der Waals surface area contributed by atoms with Crippen LogP contribution in [0.2, 0.25) is 0 Å². The van der Waals surface area contributed by atoms with E-state index in [1.165, 1.54) is 0 Å². The Bertz CT molecular complexity index is 892. The highest BCUT2D eigenvalue weighted by Crippen LogP contribution is 2.24. The molecule has 1 aliphatic rings. The van der Waals surface area contributed by atoms with Gasteiger partial charge in [-0.25, -0.2) is 4.98 Å². The van der Waals surface area contributed by atoms with Crippen molar-refractivity contribution < 1.29 is 0 Å². The number of piperazine rings is 1. The summed E-state index contributed by atoms with van der Waals surface area (Å²) >= 11 is 0. The van der Waals surface area contributed by atoms with Crippen LogP contribution < -0.4 is 4.90 Å². The van der Waals surface area contributed by atoms with E-state index in [0.717, 1.165) is 49.8 Å². The van der Waals surface area contributed by atoms with Gasteiger partial charge in [-0.3, -0.25) is 9.88 Å². The molecule has 2 aromatic rings. The molecule has 27 heavy (non-hydrogen) atoms. The van der Waals surface area contributed by atoms with E-state index in [0.29, 0.717) is 11.1 Å². The molecule has 3 rings (SSSR count). The molecule has 0 aromatic carbocycles. The fourth-order valence-corrected chi connectivity index (χ4v) is 3.39. The number of hydrogen-bond donors (Lipinski definition) is 0. The van der Waals surface area contributed by atoms with Crippen molar-refractivity contribution in [2.24, 2.45) is 0 Å². The topological polar surface area (TPSA) is 79.8 Å². The monoisotopic (exact) mass is 360 g/mol. The van der Waals surface area contributed by atoms with Crippen molar-refractivity contribution >= 4 is 5.82 Å². The Balaban J connectivity index is 1.66. The average molecular weight is 360 g/mol. The maximum Gasteiger partial charge on any atom is 0.146 e. The summed E-state index contributed by atoms with van der Waals surface area (Å²) in [5.41, 5.74) is 3.04. The molecule has 0 radical (unpaired) electrons. The highest BCUT2D eigenvalue weighted by molar-refractivity contribution is 5.53. The van der Waals surface area contributed by atoms with Crippen molar-refractivity contribution in [1.29, 1.82) is 10.5 Å². The molecule has 6 nitrogen and oxygen atoms in total. The minimum atomic E-state index is -0.143. The molecule has 138 valence electrons. The van der Waals surface area contributed by atoms with E-state index < -0.39 is 0 Å². The first-order valence-corrected chi connectivity index (χ1v) is 9.14. The Morgan fingerprint density at radius 1 is 1.04 bits per heavy atom. The molecule has 3 heterocycles. The lowest BCUT2D eigenvalue weighted by Gasteiger charge is -2.35. The maximum absolute atomic E-state index is 9.48. The largest absolute Gasteiger partial charge is 0.353 e. The van der Waals surface area contributed by atoms with Crippen LogP contribution in [0.25, 0.3) is 0 Å². The maximum atomic E-state index is 9.48. The van der Waals surface area contributed by atoms with Gasteiger partial charge in [-0.1, -0.05) is 20.8 Å². The Hall–Kier alpha value is -2.96. The van der Waals surface area contributed by atoms with Gasteiger partial charge in [-0.15, -0.1) is 0 Å². The van der Waals surface area contributed by atoms with Crippen molar-refractivity contribution in [3.8, 4) is 12.1 Å². The minimum Gasteiger partial charge on any atom is -0.353 e. The van der Waals surface area contributed by atoms with Crippen LogP contribution in [-0.2, 0) is 12.0 Å². The van der Waals surface area contributed by atoms with Crippen molar-refractivity contribution in [2.75, 3.05) is 31.1 Å². The lowest BCUT2D eigenvalue weighted by Crippen LogP contribution is -2.46. The zero-order valence-corrected chi connectivity index (χ0v) is 16.1. The van der Waals surface area contributed by atoms with Gasteiger partial charge in [0.1, 0.15) is 18.0 Å². The predicted octanol–water partition coefficient (Wildman–Crippen LogP) is 2.84. The molecule has 6 heteroatoms.